The lowest BCUT2D eigenvalue weighted by molar-refractivity contribution is 0.0773. The van der Waals surface area contributed by atoms with Crippen molar-refractivity contribution >= 4 is 33.2 Å². The van der Waals surface area contributed by atoms with Crippen molar-refractivity contribution in [2.75, 3.05) is 31.0 Å². The SMILES string of the molecule is C=CCN(c1ccccc1OC)S(=O)(=O)c1ccc(Cl)c(C(=O)N(CC)CC)c1. The Kier molecular flexibility index (Phi) is 7.70. The van der Waals surface area contributed by atoms with Gasteiger partial charge in [-0.15, -0.1) is 6.58 Å². The van der Waals surface area contributed by atoms with Crippen LogP contribution in [0.1, 0.15) is 24.2 Å². The molecule has 0 unspecified atom stereocenters. The third kappa shape index (κ3) is 4.74. The predicted molar refractivity (Wildman–Crippen MR) is 116 cm³/mol. The van der Waals surface area contributed by atoms with Crippen LogP contribution >= 0.6 is 11.6 Å². The molecule has 0 saturated heterocycles. The second kappa shape index (κ2) is 9.80. The molecule has 0 saturated carbocycles. The summed E-state index contributed by atoms with van der Waals surface area (Å²) in [7, 11) is -2.54. The number of para-hydroxylation sites is 2. The van der Waals surface area contributed by atoms with Gasteiger partial charge in [-0.1, -0.05) is 29.8 Å². The van der Waals surface area contributed by atoms with Gasteiger partial charge in [-0.25, -0.2) is 8.42 Å². The highest BCUT2D eigenvalue weighted by molar-refractivity contribution is 7.92. The fraction of sp³-hybridized carbons (Fsp3) is 0.286. The highest BCUT2D eigenvalue weighted by Crippen LogP contribution is 2.33. The Balaban J connectivity index is 2.60. The fourth-order valence-electron chi connectivity index (χ4n) is 2.92. The molecule has 2 aromatic carbocycles. The van der Waals surface area contributed by atoms with Gasteiger partial charge in [-0.3, -0.25) is 9.10 Å². The summed E-state index contributed by atoms with van der Waals surface area (Å²) in [5.74, 6) is 0.0935. The van der Waals surface area contributed by atoms with E-state index in [0.29, 0.717) is 24.5 Å². The zero-order valence-electron chi connectivity index (χ0n) is 16.8. The maximum absolute atomic E-state index is 13.4. The molecule has 0 atom stereocenters. The van der Waals surface area contributed by atoms with Gasteiger partial charge >= 0.3 is 0 Å². The number of carbonyl (C=O) groups excluding carboxylic acids is 1. The molecule has 6 nitrogen and oxygen atoms in total. The molecule has 0 N–H and O–H groups in total. The molecule has 29 heavy (non-hydrogen) atoms. The lowest BCUT2D eigenvalue weighted by Crippen LogP contribution is -2.33. The van der Waals surface area contributed by atoms with Crippen LogP contribution in [-0.4, -0.2) is 46.0 Å². The summed E-state index contributed by atoms with van der Waals surface area (Å²) in [6.45, 7) is 8.38. The minimum atomic E-state index is -4.01. The zero-order chi connectivity index (χ0) is 21.6. The van der Waals surface area contributed by atoms with Crippen molar-refractivity contribution in [2.45, 2.75) is 18.7 Å². The van der Waals surface area contributed by atoms with Crippen molar-refractivity contribution in [1.82, 2.24) is 4.90 Å². The van der Waals surface area contributed by atoms with Crippen LogP contribution < -0.4 is 9.04 Å². The van der Waals surface area contributed by atoms with Crippen LogP contribution in [0.3, 0.4) is 0 Å². The Bertz CT molecular complexity index is 988. The third-order valence-electron chi connectivity index (χ3n) is 4.46. The largest absolute Gasteiger partial charge is 0.495 e. The Morgan fingerprint density at radius 3 is 2.41 bits per heavy atom. The first kappa shape index (κ1) is 22.8. The first-order valence-electron chi connectivity index (χ1n) is 9.17. The molecule has 0 aliphatic rings. The second-order valence-electron chi connectivity index (χ2n) is 6.12. The number of hydrogen-bond acceptors (Lipinski definition) is 4. The van der Waals surface area contributed by atoms with Crippen LogP contribution in [0.25, 0.3) is 0 Å². The quantitative estimate of drug-likeness (QED) is 0.552. The van der Waals surface area contributed by atoms with E-state index < -0.39 is 10.0 Å². The molecule has 0 heterocycles. The molecule has 0 bridgehead atoms. The van der Waals surface area contributed by atoms with Gasteiger partial charge in [0, 0.05) is 13.1 Å². The highest BCUT2D eigenvalue weighted by Gasteiger charge is 2.28. The maximum atomic E-state index is 13.4. The van der Waals surface area contributed by atoms with Crippen molar-refractivity contribution in [2.24, 2.45) is 0 Å². The van der Waals surface area contributed by atoms with E-state index in [1.165, 1.54) is 35.7 Å². The summed E-state index contributed by atoms with van der Waals surface area (Å²) in [4.78, 5) is 14.3. The highest BCUT2D eigenvalue weighted by atomic mass is 35.5. The molecular formula is C21H25ClN2O4S. The minimum Gasteiger partial charge on any atom is -0.495 e. The molecule has 2 rings (SSSR count). The van der Waals surface area contributed by atoms with Gasteiger partial charge in [-0.05, 0) is 44.2 Å². The fourth-order valence-corrected chi connectivity index (χ4v) is 4.59. The Morgan fingerprint density at radius 1 is 1.17 bits per heavy atom. The van der Waals surface area contributed by atoms with Crippen LogP contribution in [0, 0.1) is 0 Å². The van der Waals surface area contributed by atoms with Crippen molar-refractivity contribution in [1.29, 1.82) is 0 Å². The maximum Gasteiger partial charge on any atom is 0.264 e. The summed E-state index contributed by atoms with van der Waals surface area (Å²) in [5, 5.41) is 0.202. The smallest absolute Gasteiger partial charge is 0.264 e. The van der Waals surface area contributed by atoms with Gasteiger partial charge in [0.1, 0.15) is 5.75 Å². The normalized spacial score (nSPS) is 11.0. The number of benzene rings is 2. The molecule has 0 spiro atoms. The number of amides is 1. The van der Waals surface area contributed by atoms with E-state index in [2.05, 4.69) is 6.58 Å². The van der Waals surface area contributed by atoms with E-state index in [1.54, 1.807) is 29.2 Å². The summed E-state index contributed by atoms with van der Waals surface area (Å²) in [6.07, 6.45) is 1.49. The number of hydrogen-bond donors (Lipinski definition) is 0. The number of anilines is 1. The van der Waals surface area contributed by atoms with Gasteiger partial charge in [0.2, 0.25) is 0 Å². The summed E-state index contributed by atoms with van der Waals surface area (Å²) in [5.41, 5.74) is 0.525. The van der Waals surface area contributed by atoms with Crippen LogP contribution in [0.15, 0.2) is 60.0 Å². The average molecular weight is 437 g/mol. The molecule has 0 aliphatic carbocycles. The number of carbonyl (C=O) groups is 1. The second-order valence-corrected chi connectivity index (χ2v) is 8.39. The van der Waals surface area contributed by atoms with Crippen LogP contribution in [0.2, 0.25) is 5.02 Å². The topological polar surface area (TPSA) is 66.9 Å². The van der Waals surface area contributed by atoms with Crippen LogP contribution in [0.5, 0.6) is 5.75 Å². The lowest BCUT2D eigenvalue weighted by atomic mass is 10.2. The summed E-state index contributed by atoms with van der Waals surface area (Å²) >= 11 is 6.21. The summed E-state index contributed by atoms with van der Waals surface area (Å²) in [6, 6.07) is 11.0. The van der Waals surface area contributed by atoms with Crippen molar-refractivity contribution in [3.63, 3.8) is 0 Å². The van der Waals surface area contributed by atoms with Gasteiger partial charge in [0.05, 0.1) is 34.8 Å². The van der Waals surface area contributed by atoms with E-state index >= 15 is 0 Å². The number of rotatable bonds is 9. The van der Waals surface area contributed by atoms with Crippen molar-refractivity contribution < 1.29 is 17.9 Å². The Hall–Kier alpha value is -2.51. The van der Waals surface area contributed by atoms with Gasteiger partial charge in [-0.2, -0.15) is 0 Å². The third-order valence-corrected chi connectivity index (χ3v) is 6.56. The minimum absolute atomic E-state index is 0.0324. The first-order chi connectivity index (χ1) is 13.8. The molecule has 2 aromatic rings. The van der Waals surface area contributed by atoms with E-state index in [-0.39, 0.29) is 27.9 Å². The van der Waals surface area contributed by atoms with Gasteiger partial charge < -0.3 is 9.64 Å². The number of methoxy groups -OCH3 is 1. The molecule has 156 valence electrons. The Labute approximate surface area is 177 Å². The number of halogens is 1. The van der Waals surface area contributed by atoms with Gasteiger partial charge in [0.15, 0.2) is 0 Å². The summed E-state index contributed by atoms with van der Waals surface area (Å²) < 4.78 is 33.4. The van der Waals surface area contributed by atoms with E-state index in [1.807, 2.05) is 13.8 Å². The molecule has 0 fully saturated rings. The number of ether oxygens (including phenoxy) is 1. The van der Waals surface area contributed by atoms with E-state index in [4.69, 9.17) is 16.3 Å². The Morgan fingerprint density at radius 2 is 1.83 bits per heavy atom. The lowest BCUT2D eigenvalue weighted by Gasteiger charge is -2.25. The van der Waals surface area contributed by atoms with Crippen molar-refractivity contribution in [3.05, 3.63) is 65.7 Å². The molecular weight excluding hydrogens is 412 g/mol. The van der Waals surface area contributed by atoms with Crippen LogP contribution in [-0.2, 0) is 10.0 Å². The van der Waals surface area contributed by atoms with Gasteiger partial charge in [0.25, 0.3) is 15.9 Å². The monoisotopic (exact) mass is 436 g/mol. The standard InChI is InChI=1S/C21H25ClN2O4S/c1-5-14-24(19-10-8-9-11-20(19)28-4)29(26,27)16-12-13-18(22)17(15-16)21(25)23(6-2)7-3/h5,8-13,15H,1,6-7,14H2,2-4H3. The molecule has 8 heteroatoms. The van der Waals surface area contributed by atoms with E-state index in [0.717, 1.165) is 0 Å². The average Bonchev–Trinajstić information content (AvgIpc) is 2.72. The molecule has 0 aromatic heterocycles. The van der Waals surface area contributed by atoms with Crippen molar-refractivity contribution in [3.8, 4) is 5.75 Å². The number of sulfonamides is 1. The first-order valence-corrected chi connectivity index (χ1v) is 11.0. The molecule has 0 aliphatic heterocycles. The zero-order valence-corrected chi connectivity index (χ0v) is 18.3. The number of nitrogens with zero attached hydrogens (tertiary/aromatic N) is 2. The predicted octanol–water partition coefficient (Wildman–Crippen LogP) is 4.21. The van der Waals surface area contributed by atoms with Crippen LogP contribution in [0.4, 0.5) is 5.69 Å². The molecule has 0 radical (unpaired) electrons. The van der Waals surface area contributed by atoms with E-state index in [9.17, 15) is 13.2 Å². The molecule has 1 amide bonds.